The maximum atomic E-state index is 5.63. The fraction of sp³-hybridized carbons (Fsp3) is 0.375. The summed E-state index contributed by atoms with van der Waals surface area (Å²) in [6.45, 7) is 1.56. The quantitative estimate of drug-likeness (QED) is 0.709. The van der Waals surface area contributed by atoms with Crippen molar-refractivity contribution in [2.24, 2.45) is 0 Å². The van der Waals surface area contributed by atoms with Crippen molar-refractivity contribution in [1.82, 2.24) is 4.98 Å². The zero-order chi connectivity index (χ0) is 8.39. The van der Waals surface area contributed by atoms with Crippen molar-refractivity contribution in [3.63, 3.8) is 0 Å². The zero-order valence-electron chi connectivity index (χ0n) is 6.46. The van der Waals surface area contributed by atoms with Gasteiger partial charge in [0.1, 0.15) is 5.15 Å². The molecule has 1 saturated heterocycles. The fourth-order valence-electron chi connectivity index (χ4n) is 1.02. The Morgan fingerprint density at radius 1 is 1.50 bits per heavy atom. The number of pyridine rings is 1. The lowest BCUT2D eigenvalue weighted by atomic mass is 10.2. The molecule has 0 spiro atoms. The second kappa shape index (κ2) is 3.29. The van der Waals surface area contributed by atoms with Crippen LogP contribution in [0.15, 0.2) is 18.3 Å². The van der Waals surface area contributed by atoms with E-state index in [1.54, 1.807) is 12.3 Å². The molecule has 0 unspecified atom stereocenters. The highest BCUT2D eigenvalue weighted by Gasteiger charge is 2.17. The second-order valence-corrected chi connectivity index (χ2v) is 3.14. The summed E-state index contributed by atoms with van der Waals surface area (Å²) in [6.07, 6.45) is 1.72. The first-order chi connectivity index (χ1) is 5.84. The van der Waals surface area contributed by atoms with E-state index in [0.29, 0.717) is 11.2 Å². The second-order valence-electron chi connectivity index (χ2n) is 2.75. The summed E-state index contributed by atoms with van der Waals surface area (Å²) in [5.74, 6) is 0. The molecule has 3 nitrogen and oxygen atoms in total. The van der Waals surface area contributed by atoms with Gasteiger partial charge in [-0.25, -0.2) is 4.98 Å². The van der Waals surface area contributed by atoms with Gasteiger partial charge < -0.3 is 10.1 Å². The molecule has 4 heteroatoms. The Bertz CT molecular complexity index is 258. The molecule has 1 N–H and O–H groups in total. The molecule has 1 aromatic rings. The third-order valence-corrected chi connectivity index (χ3v) is 1.96. The number of anilines is 1. The SMILES string of the molecule is Clc1ccc(NC2COC2)cn1. The van der Waals surface area contributed by atoms with E-state index in [1.807, 2.05) is 6.07 Å². The summed E-state index contributed by atoms with van der Waals surface area (Å²) in [6, 6.07) is 4.12. The molecule has 0 aromatic carbocycles. The minimum absolute atomic E-state index is 0.438. The van der Waals surface area contributed by atoms with Crippen molar-refractivity contribution in [2.45, 2.75) is 6.04 Å². The van der Waals surface area contributed by atoms with Gasteiger partial charge in [0.15, 0.2) is 0 Å². The highest BCUT2D eigenvalue weighted by atomic mass is 35.5. The maximum Gasteiger partial charge on any atom is 0.129 e. The van der Waals surface area contributed by atoms with Crippen molar-refractivity contribution in [1.29, 1.82) is 0 Å². The smallest absolute Gasteiger partial charge is 0.129 e. The Hall–Kier alpha value is -0.800. The minimum atomic E-state index is 0.438. The Balaban J connectivity index is 1.98. The molecule has 2 rings (SSSR count). The molecule has 0 aliphatic carbocycles. The van der Waals surface area contributed by atoms with Crippen molar-refractivity contribution in [2.75, 3.05) is 18.5 Å². The summed E-state index contributed by atoms with van der Waals surface area (Å²) in [4.78, 5) is 3.95. The van der Waals surface area contributed by atoms with Crippen LogP contribution >= 0.6 is 11.6 Å². The number of rotatable bonds is 2. The standard InChI is InChI=1S/C8H9ClN2O/c9-8-2-1-6(3-10-8)11-7-4-12-5-7/h1-3,7,11H,4-5H2. The zero-order valence-corrected chi connectivity index (χ0v) is 7.21. The lowest BCUT2D eigenvalue weighted by Crippen LogP contribution is -2.40. The third-order valence-electron chi connectivity index (χ3n) is 1.74. The van der Waals surface area contributed by atoms with Crippen LogP contribution in [-0.2, 0) is 4.74 Å². The summed E-state index contributed by atoms with van der Waals surface area (Å²) in [5, 5.41) is 3.78. The first-order valence-corrected chi connectivity index (χ1v) is 4.18. The maximum absolute atomic E-state index is 5.63. The van der Waals surface area contributed by atoms with Crippen LogP contribution in [-0.4, -0.2) is 24.2 Å². The molecular weight excluding hydrogens is 176 g/mol. The van der Waals surface area contributed by atoms with E-state index in [1.165, 1.54) is 0 Å². The minimum Gasteiger partial charge on any atom is -0.377 e. The number of hydrogen-bond acceptors (Lipinski definition) is 3. The topological polar surface area (TPSA) is 34.1 Å². The van der Waals surface area contributed by atoms with Gasteiger partial charge in [-0.05, 0) is 12.1 Å². The number of nitrogens with zero attached hydrogens (tertiary/aromatic N) is 1. The molecule has 2 heterocycles. The van der Waals surface area contributed by atoms with Crippen LogP contribution in [0, 0.1) is 0 Å². The van der Waals surface area contributed by atoms with Crippen molar-refractivity contribution >= 4 is 17.3 Å². The third kappa shape index (κ3) is 1.68. The Kier molecular flexibility index (Phi) is 2.15. The van der Waals surface area contributed by atoms with E-state index in [9.17, 15) is 0 Å². The van der Waals surface area contributed by atoms with Gasteiger partial charge in [-0.2, -0.15) is 0 Å². The van der Waals surface area contributed by atoms with Crippen LogP contribution in [0.25, 0.3) is 0 Å². The first-order valence-electron chi connectivity index (χ1n) is 3.80. The average Bonchev–Trinajstić information content (AvgIpc) is 2.00. The van der Waals surface area contributed by atoms with Gasteiger partial charge in [0, 0.05) is 0 Å². The molecule has 1 aliphatic rings. The summed E-state index contributed by atoms with van der Waals surface area (Å²) in [5.41, 5.74) is 0.993. The fourth-order valence-corrected chi connectivity index (χ4v) is 1.13. The molecule has 0 amide bonds. The van der Waals surface area contributed by atoms with Crippen LogP contribution in [0.2, 0.25) is 5.15 Å². The van der Waals surface area contributed by atoms with Crippen LogP contribution in [0.3, 0.4) is 0 Å². The molecule has 64 valence electrons. The van der Waals surface area contributed by atoms with Gasteiger partial charge in [0.05, 0.1) is 31.1 Å². The summed E-state index contributed by atoms with van der Waals surface area (Å²) in [7, 11) is 0. The van der Waals surface area contributed by atoms with Crippen LogP contribution in [0.4, 0.5) is 5.69 Å². The molecule has 1 aromatic heterocycles. The molecule has 0 atom stereocenters. The van der Waals surface area contributed by atoms with Crippen molar-refractivity contribution < 1.29 is 4.74 Å². The van der Waals surface area contributed by atoms with E-state index in [0.717, 1.165) is 18.9 Å². The molecule has 12 heavy (non-hydrogen) atoms. The molecule has 0 radical (unpaired) electrons. The monoisotopic (exact) mass is 184 g/mol. The summed E-state index contributed by atoms with van der Waals surface area (Å²) >= 11 is 5.63. The highest BCUT2D eigenvalue weighted by molar-refractivity contribution is 6.29. The molecule has 0 bridgehead atoms. The number of ether oxygens (including phenoxy) is 1. The predicted octanol–water partition coefficient (Wildman–Crippen LogP) is 1.55. The van der Waals surface area contributed by atoms with Gasteiger partial charge in [-0.3, -0.25) is 0 Å². The van der Waals surface area contributed by atoms with E-state index in [4.69, 9.17) is 16.3 Å². The van der Waals surface area contributed by atoms with E-state index < -0.39 is 0 Å². The summed E-state index contributed by atoms with van der Waals surface area (Å²) < 4.78 is 5.02. The van der Waals surface area contributed by atoms with Gasteiger partial charge in [0.25, 0.3) is 0 Å². The number of aromatic nitrogens is 1. The van der Waals surface area contributed by atoms with Crippen LogP contribution in [0.5, 0.6) is 0 Å². The van der Waals surface area contributed by atoms with E-state index in [-0.39, 0.29) is 0 Å². The number of hydrogen-bond donors (Lipinski definition) is 1. The number of nitrogens with one attached hydrogen (secondary N) is 1. The lowest BCUT2D eigenvalue weighted by Gasteiger charge is -2.27. The molecule has 1 fully saturated rings. The van der Waals surface area contributed by atoms with Crippen molar-refractivity contribution in [3.8, 4) is 0 Å². The lowest BCUT2D eigenvalue weighted by molar-refractivity contribution is 0.0211. The Labute approximate surface area is 75.7 Å². The van der Waals surface area contributed by atoms with Gasteiger partial charge in [0.2, 0.25) is 0 Å². The van der Waals surface area contributed by atoms with Gasteiger partial charge in [-0.15, -0.1) is 0 Å². The molecule has 0 saturated carbocycles. The van der Waals surface area contributed by atoms with Gasteiger partial charge >= 0.3 is 0 Å². The van der Waals surface area contributed by atoms with E-state index in [2.05, 4.69) is 10.3 Å². The molecular formula is C8H9ClN2O. The van der Waals surface area contributed by atoms with Crippen molar-refractivity contribution in [3.05, 3.63) is 23.5 Å². The van der Waals surface area contributed by atoms with Gasteiger partial charge in [-0.1, -0.05) is 11.6 Å². The van der Waals surface area contributed by atoms with Crippen LogP contribution in [0.1, 0.15) is 0 Å². The normalized spacial score (nSPS) is 17.1. The van der Waals surface area contributed by atoms with Crippen LogP contribution < -0.4 is 5.32 Å². The first kappa shape index (κ1) is 7.83. The Morgan fingerprint density at radius 3 is 2.83 bits per heavy atom. The Morgan fingerprint density at radius 2 is 2.33 bits per heavy atom. The predicted molar refractivity (Wildman–Crippen MR) is 47.5 cm³/mol. The average molecular weight is 185 g/mol. The number of halogens is 1. The molecule has 1 aliphatic heterocycles. The largest absolute Gasteiger partial charge is 0.377 e. The highest BCUT2D eigenvalue weighted by Crippen LogP contribution is 2.13. The van der Waals surface area contributed by atoms with E-state index >= 15 is 0 Å².